The first-order valence-corrected chi connectivity index (χ1v) is 4.63. The molecule has 13 heavy (non-hydrogen) atoms. The van der Waals surface area contributed by atoms with Crippen LogP contribution >= 0.6 is 0 Å². The number of hydrogen-bond acceptors (Lipinski definition) is 2. The molecule has 0 N–H and O–H groups in total. The molecule has 0 rings (SSSR count). The summed E-state index contributed by atoms with van der Waals surface area (Å²) in [5.41, 5.74) is 0. The third-order valence-electron chi connectivity index (χ3n) is 1.95. The first kappa shape index (κ1) is 7.80. The number of unbranched alkanes of at least 4 members (excludes halogenated alkanes) is 1. The first-order chi connectivity index (χ1) is 7.32. The molecule has 0 unspecified atom stereocenters. The molecule has 0 aromatic rings. The van der Waals surface area contributed by atoms with Crippen molar-refractivity contribution in [2.75, 3.05) is 14.2 Å². The number of amides is 1. The fourth-order valence-electron chi connectivity index (χ4n) is 0.994. The van der Waals surface area contributed by atoms with Crippen molar-refractivity contribution in [2.45, 2.75) is 39.5 Å². The maximum absolute atomic E-state index is 11.5. The molecular formula is C10H21NO2. The lowest BCUT2D eigenvalue weighted by Gasteiger charge is -2.16. The van der Waals surface area contributed by atoms with Crippen LogP contribution in [-0.2, 0) is 9.63 Å². The molecule has 1 atom stereocenters. The molecule has 0 fully saturated rings. The largest absolute Gasteiger partial charge is 0.275 e. The lowest BCUT2D eigenvalue weighted by Crippen LogP contribution is -2.26. The summed E-state index contributed by atoms with van der Waals surface area (Å²) in [6.45, 7) is -0.0703. The number of carbonyl (C=O) groups excluding carboxylic acids is 1. The van der Waals surface area contributed by atoms with Gasteiger partial charge in [-0.2, -0.15) is 0 Å². The predicted molar refractivity (Wildman–Crippen MR) is 53.1 cm³/mol. The van der Waals surface area contributed by atoms with Gasteiger partial charge in [-0.1, -0.05) is 33.0 Å². The first-order valence-electron chi connectivity index (χ1n) is 6.13. The maximum atomic E-state index is 11.5. The molecule has 0 bridgehead atoms. The van der Waals surface area contributed by atoms with Crippen molar-refractivity contribution < 1.29 is 13.7 Å². The van der Waals surface area contributed by atoms with E-state index in [-0.39, 0.29) is 12.3 Å². The molecule has 0 saturated heterocycles. The van der Waals surface area contributed by atoms with Gasteiger partial charge in [-0.05, 0) is 5.92 Å². The van der Waals surface area contributed by atoms with Gasteiger partial charge in [-0.25, -0.2) is 5.06 Å². The van der Waals surface area contributed by atoms with Crippen molar-refractivity contribution in [3.8, 4) is 0 Å². The molecule has 0 aromatic carbocycles. The second-order valence-corrected chi connectivity index (χ2v) is 3.12. The van der Waals surface area contributed by atoms with Gasteiger partial charge in [0.1, 0.15) is 0 Å². The van der Waals surface area contributed by atoms with Crippen LogP contribution in [0.25, 0.3) is 0 Å². The van der Waals surface area contributed by atoms with Crippen molar-refractivity contribution >= 4 is 5.91 Å². The Labute approximate surface area is 85.2 Å². The lowest BCUT2D eigenvalue weighted by atomic mass is 10.0. The Balaban J connectivity index is 4.37. The summed E-state index contributed by atoms with van der Waals surface area (Å²) in [6, 6.07) is 0. The second-order valence-electron chi connectivity index (χ2n) is 3.12. The summed E-state index contributed by atoms with van der Waals surface area (Å²) in [6.07, 6.45) is 2.32. The van der Waals surface area contributed by atoms with Crippen LogP contribution in [0.2, 0.25) is 0 Å². The van der Waals surface area contributed by atoms with E-state index in [0.29, 0.717) is 6.42 Å². The molecular weight excluding hydrogens is 166 g/mol. The van der Waals surface area contributed by atoms with Gasteiger partial charge in [0.15, 0.2) is 0 Å². The summed E-state index contributed by atoms with van der Waals surface area (Å²) < 4.78 is 22.1. The number of rotatable bonds is 6. The van der Waals surface area contributed by atoms with E-state index in [9.17, 15) is 4.79 Å². The van der Waals surface area contributed by atoms with Crippen LogP contribution < -0.4 is 0 Å². The number of hydrogen-bond donors (Lipinski definition) is 0. The Morgan fingerprint density at radius 3 is 2.85 bits per heavy atom. The number of carbonyl (C=O) groups is 1. The van der Waals surface area contributed by atoms with E-state index in [2.05, 4.69) is 0 Å². The van der Waals surface area contributed by atoms with Crippen molar-refractivity contribution in [3.63, 3.8) is 0 Å². The van der Waals surface area contributed by atoms with E-state index in [4.69, 9.17) is 8.95 Å². The molecule has 0 heterocycles. The van der Waals surface area contributed by atoms with Crippen molar-refractivity contribution in [2.24, 2.45) is 5.92 Å². The molecule has 1 amide bonds. The molecule has 0 aliphatic rings. The quantitative estimate of drug-likeness (QED) is 0.601. The average Bonchev–Trinajstić information content (AvgIpc) is 2.20. The van der Waals surface area contributed by atoms with Crippen LogP contribution in [0.5, 0.6) is 0 Å². The molecule has 0 aliphatic carbocycles. The SMILES string of the molecule is [2H]C([2H])([2H])[C@H](CCCC)CC(=O)N(C)OC. The topological polar surface area (TPSA) is 29.5 Å². The van der Waals surface area contributed by atoms with Crippen molar-refractivity contribution in [1.29, 1.82) is 0 Å². The summed E-state index contributed by atoms with van der Waals surface area (Å²) >= 11 is 0. The van der Waals surface area contributed by atoms with Crippen molar-refractivity contribution in [3.05, 3.63) is 0 Å². The standard InChI is InChI=1S/C10H21NO2/c1-5-6-7-9(2)8-10(12)11(3)13-4/h9H,5-8H2,1-4H3/t9-/m1/s1/i2D3. The average molecular weight is 190 g/mol. The highest BCUT2D eigenvalue weighted by Gasteiger charge is 2.12. The minimum absolute atomic E-state index is 0.0147. The van der Waals surface area contributed by atoms with Gasteiger partial charge in [0.2, 0.25) is 5.91 Å². The third kappa shape index (κ3) is 5.64. The molecule has 0 aliphatic heterocycles. The van der Waals surface area contributed by atoms with Gasteiger partial charge < -0.3 is 0 Å². The van der Waals surface area contributed by atoms with Gasteiger partial charge in [-0.3, -0.25) is 9.63 Å². The van der Waals surface area contributed by atoms with Crippen LogP contribution in [0, 0.1) is 5.92 Å². The zero-order valence-corrected chi connectivity index (χ0v) is 8.67. The minimum atomic E-state index is -2.07. The molecule has 0 radical (unpaired) electrons. The van der Waals surface area contributed by atoms with E-state index in [0.717, 1.165) is 17.9 Å². The molecule has 3 heteroatoms. The Bertz CT molecular complexity index is 219. The molecule has 0 saturated carbocycles. The highest BCUT2D eigenvalue weighted by molar-refractivity contribution is 5.74. The number of nitrogens with zero attached hydrogens (tertiary/aromatic N) is 1. The second kappa shape index (κ2) is 6.89. The van der Waals surface area contributed by atoms with Crippen LogP contribution in [0.3, 0.4) is 0 Å². The fourth-order valence-corrected chi connectivity index (χ4v) is 0.994. The van der Waals surface area contributed by atoms with Crippen molar-refractivity contribution in [1.82, 2.24) is 5.06 Å². The predicted octanol–water partition coefficient (Wildman–Crippen LogP) is 2.22. The zero-order valence-electron chi connectivity index (χ0n) is 11.7. The maximum Gasteiger partial charge on any atom is 0.246 e. The highest BCUT2D eigenvalue weighted by atomic mass is 16.7. The number of hydroxylamine groups is 2. The summed E-state index contributed by atoms with van der Waals surface area (Å²) in [5, 5.41) is 1.07. The highest BCUT2D eigenvalue weighted by Crippen LogP contribution is 2.12. The van der Waals surface area contributed by atoms with Gasteiger partial charge in [0, 0.05) is 17.6 Å². The van der Waals surface area contributed by atoms with E-state index < -0.39 is 12.8 Å². The zero-order chi connectivity index (χ0) is 12.8. The summed E-state index contributed by atoms with van der Waals surface area (Å²) in [4.78, 5) is 16.3. The van der Waals surface area contributed by atoms with E-state index in [1.54, 1.807) is 0 Å². The Hall–Kier alpha value is -0.570. The lowest BCUT2D eigenvalue weighted by molar-refractivity contribution is -0.169. The fraction of sp³-hybridized carbons (Fsp3) is 0.900. The van der Waals surface area contributed by atoms with Crippen LogP contribution in [0.15, 0.2) is 0 Å². The summed E-state index contributed by atoms with van der Waals surface area (Å²) in [5.74, 6) is -0.864. The Morgan fingerprint density at radius 2 is 2.38 bits per heavy atom. The smallest absolute Gasteiger partial charge is 0.246 e. The van der Waals surface area contributed by atoms with Gasteiger partial charge in [0.25, 0.3) is 0 Å². The monoisotopic (exact) mass is 190 g/mol. The minimum Gasteiger partial charge on any atom is -0.275 e. The van der Waals surface area contributed by atoms with Gasteiger partial charge in [0.05, 0.1) is 7.11 Å². The molecule has 0 aromatic heterocycles. The van der Waals surface area contributed by atoms with Gasteiger partial charge in [-0.15, -0.1) is 0 Å². The molecule has 78 valence electrons. The third-order valence-corrected chi connectivity index (χ3v) is 1.95. The van der Waals surface area contributed by atoms with Crippen LogP contribution in [0.1, 0.15) is 43.6 Å². The normalized spacial score (nSPS) is 17.0. The summed E-state index contributed by atoms with van der Waals surface area (Å²) in [7, 11) is 2.87. The van der Waals surface area contributed by atoms with E-state index >= 15 is 0 Å². The molecule has 3 nitrogen and oxygen atoms in total. The molecule has 0 spiro atoms. The van der Waals surface area contributed by atoms with Crippen LogP contribution in [0.4, 0.5) is 0 Å². The van der Waals surface area contributed by atoms with E-state index in [1.807, 2.05) is 6.92 Å². The Morgan fingerprint density at radius 1 is 1.69 bits per heavy atom. The Kier molecular flexibility index (Phi) is 4.14. The van der Waals surface area contributed by atoms with Crippen LogP contribution in [-0.4, -0.2) is 25.1 Å². The van der Waals surface area contributed by atoms with E-state index in [1.165, 1.54) is 14.2 Å². The van der Waals surface area contributed by atoms with Gasteiger partial charge >= 0.3 is 0 Å².